The molecule has 0 atom stereocenters. The van der Waals surface area contributed by atoms with E-state index in [0.717, 1.165) is 0 Å². The molecule has 0 radical (unpaired) electrons. The summed E-state index contributed by atoms with van der Waals surface area (Å²) < 4.78 is 0. The SMILES string of the molecule is CCN(CCCO)C(=O)c1ccccn1. The van der Waals surface area contributed by atoms with Crippen molar-refractivity contribution in [2.45, 2.75) is 13.3 Å². The van der Waals surface area contributed by atoms with E-state index in [1.165, 1.54) is 0 Å². The van der Waals surface area contributed by atoms with Crippen molar-refractivity contribution in [1.82, 2.24) is 9.88 Å². The van der Waals surface area contributed by atoms with Gasteiger partial charge in [0.05, 0.1) is 0 Å². The van der Waals surface area contributed by atoms with Crippen LogP contribution in [0.25, 0.3) is 0 Å². The number of carbonyl (C=O) groups is 1. The highest BCUT2D eigenvalue weighted by atomic mass is 16.3. The molecule has 1 aromatic heterocycles. The zero-order valence-electron chi connectivity index (χ0n) is 8.89. The van der Waals surface area contributed by atoms with Gasteiger partial charge in [-0.15, -0.1) is 0 Å². The van der Waals surface area contributed by atoms with Crippen LogP contribution in [0.5, 0.6) is 0 Å². The second-order valence-electron chi connectivity index (χ2n) is 3.18. The molecular formula is C11H16N2O2. The van der Waals surface area contributed by atoms with E-state index in [9.17, 15) is 4.79 Å². The Morgan fingerprint density at radius 1 is 1.53 bits per heavy atom. The number of aromatic nitrogens is 1. The van der Waals surface area contributed by atoms with Gasteiger partial charge < -0.3 is 10.0 Å². The van der Waals surface area contributed by atoms with Gasteiger partial charge in [0.25, 0.3) is 5.91 Å². The predicted molar refractivity (Wildman–Crippen MR) is 57.5 cm³/mol. The predicted octanol–water partition coefficient (Wildman–Crippen LogP) is 0.926. The van der Waals surface area contributed by atoms with Crippen LogP contribution in [-0.4, -0.2) is 40.6 Å². The number of hydrogen-bond acceptors (Lipinski definition) is 3. The number of carbonyl (C=O) groups excluding carboxylic acids is 1. The van der Waals surface area contributed by atoms with Crippen molar-refractivity contribution in [3.8, 4) is 0 Å². The highest BCUT2D eigenvalue weighted by Crippen LogP contribution is 2.01. The van der Waals surface area contributed by atoms with Gasteiger partial charge in [-0.3, -0.25) is 9.78 Å². The summed E-state index contributed by atoms with van der Waals surface area (Å²) in [7, 11) is 0. The fraction of sp³-hybridized carbons (Fsp3) is 0.455. The normalized spacial score (nSPS) is 10.0. The molecule has 0 saturated carbocycles. The van der Waals surface area contributed by atoms with E-state index in [-0.39, 0.29) is 12.5 Å². The van der Waals surface area contributed by atoms with Crippen molar-refractivity contribution in [1.29, 1.82) is 0 Å². The third-order valence-corrected chi connectivity index (χ3v) is 2.14. The van der Waals surface area contributed by atoms with Crippen molar-refractivity contribution >= 4 is 5.91 Å². The number of rotatable bonds is 5. The second kappa shape index (κ2) is 6.14. The molecule has 0 unspecified atom stereocenters. The van der Waals surface area contributed by atoms with Crippen molar-refractivity contribution in [3.05, 3.63) is 30.1 Å². The fourth-order valence-corrected chi connectivity index (χ4v) is 1.32. The Morgan fingerprint density at radius 3 is 2.87 bits per heavy atom. The van der Waals surface area contributed by atoms with Gasteiger partial charge in [-0.25, -0.2) is 0 Å². The van der Waals surface area contributed by atoms with E-state index in [1.807, 2.05) is 6.92 Å². The summed E-state index contributed by atoms with van der Waals surface area (Å²) in [5.74, 6) is -0.0773. The van der Waals surface area contributed by atoms with E-state index < -0.39 is 0 Å². The first kappa shape index (κ1) is 11.7. The highest BCUT2D eigenvalue weighted by molar-refractivity contribution is 5.92. The summed E-state index contributed by atoms with van der Waals surface area (Å²) in [6.07, 6.45) is 2.21. The van der Waals surface area contributed by atoms with Gasteiger partial charge in [-0.2, -0.15) is 0 Å². The minimum atomic E-state index is -0.0773. The Bertz CT molecular complexity index is 301. The molecule has 0 aliphatic carbocycles. The van der Waals surface area contributed by atoms with Gasteiger partial charge in [-0.1, -0.05) is 6.07 Å². The minimum Gasteiger partial charge on any atom is -0.396 e. The molecular weight excluding hydrogens is 192 g/mol. The molecule has 1 rings (SSSR count). The first-order valence-corrected chi connectivity index (χ1v) is 5.10. The van der Waals surface area contributed by atoms with E-state index >= 15 is 0 Å². The Balaban J connectivity index is 2.65. The van der Waals surface area contributed by atoms with E-state index in [4.69, 9.17) is 5.11 Å². The average molecular weight is 208 g/mol. The third-order valence-electron chi connectivity index (χ3n) is 2.14. The van der Waals surface area contributed by atoms with Gasteiger partial charge in [-0.05, 0) is 25.5 Å². The summed E-state index contributed by atoms with van der Waals surface area (Å²) in [4.78, 5) is 17.5. The zero-order valence-corrected chi connectivity index (χ0v) is 8.89. The standard InChI is InChI=1S/C11H16N2O2/c1-2-13(8-5-9-14)11(15)10-6-3-4-7-12-10/h3-4,6-7,14H,2,5,8-9H2,1H3. The van der Waals surface area contributed by atoms with Crippen molar-refractivity contribution in [2.24, 2.45) is 0 Å². The maximum atomic E-state index is 11.9. The lowest BCUT2D eigenvalue weighted by molar-refractivity contribution is 0.0748. The number of pyridine rings is 1. The van der Waals surface area contributed by atoms with Crippen LogP contribution in [-0.2, 0) is 0 Å². The summed E-state index contributed by atoms with van der Waals surface area (Å²) in [5, 5.41) is 8.71. The molecule has 0 fully saturated rings. The maximum Gasteiger partial charge on any atom is 0.272 e. The van der Waals surface area contributed by atoms with Crippen molar-refractivity contribution in [3.63, 3.8) is 0 Å². The lowest BCUT2D eigenvalue weighted by atomic mass is 10.3. The third kappa shape index (κ3) is 3.32. The molecule has 0 spiro atoms. The lowest BCUT2D eigenvalue weighted by Gasteiger charge is -2.19. The van der Waals surface area contributed by atoms with Crippen LogP contribution in [0.2, 0.25) is 0 Å². The van der Waals surface area contributed by atoms with Crippen LogP contribution in [0.1, 0.15) is 23.8 Å². The molecule has 0 saturated heterocycles. The summed E-state index contributed by atoms with van der Waals surface area (Å²) in [6, 6.07) is 5.27. The monoisotopic (exact) mass is 208 g/mol. The molecule has 1 aromatic rings. The average Bonchev–Trinajstić information content (AvgIpc) is 2.31. The molecule has 1 amide bonds. The van der Waals surface area contributed by atoms with Gasteiger partial charge in [0, 0.05) is 25.9 Å². The molecule has 4 nitrogen and oxygen atoms in total. The number of hydrogen-bond donors (Lipinski definition) is 1. The first-order chi connectivity index (χ1) is 7.29. The number of nitrogens with zero attached hydrogens (tertiary/aromatic N) is 2. The smallest absolute Gasteiger partial charge is 0.272 e. The quantitative estimate of drug-likeness (QED) is 0.783. The van der Waals surface area contributed by atoms with Crippen LogP contribution in [0.3, 0.4) is 0 Å². The summed E-state index contributed by atoms with van der Waals surface area (Å²) in [5.41, 5.74) is 0.456. The van der Waals surface area contributed by atoms with Crippen molar-refractivity contribution in [2.75, 3.05) is 19.7 Å². The largest absolute Gasteiger partial charge is 0.396 e. The second-order valence-corrected chi connectivity index (χ2v) is 3.18. The Kier molecular flexibility index (Phi) is 4.77. The molecule has 0 aliphatic heterocycles. The van der Waals surface area contributed by atoms with Gasteiger partial charge >= 0.3 is 0 Å². The van der Waals surface area contributed by atoms with Gasteiger partial charge in [0.15, 0.2) is 0 Å². The molecule has 82 valence electrons. The highest BCUT2D eigenvalue weighted by Gasteiger charge is 2.13. The summed E-state index contributed by atoms with van der Waals surface area (Å²) in [6.45, 7) is 3.22. The van der Waals surface area contributed by atoms with E-state index in [0.29, 0.717) is 25.2 Å². The van der Waals surface area contributed by atoms with Gasteiger partial charge in [0.2, 0.25) is 0 Å². The van der Waals surface area contributed by atoms with Crippen LogP contribution in [0.15, 0.2) is 24.4 Å². The van der Waals surface area contributed by atoms with Crippen LogP contribution in [0, 0.1) is 0 Å². The molecule has 4 heteroatoms. The van der Waals surface area contributed by atoms with Crippen molar-refractivity contribution < 1.29 is 9.90 Å². The molecule has 1 N–H and O–H groups in total. The first-order valence-electron chi connectivity index (χ1n) is 5.10. The topological polar surface area (TPSA) is 53.4 Å². The molecule has 0 aromatic carbocycles. The molecule has 15 heavy (non-hydrogen) atoms. The van der Waals surface area contributed by atoms with Crippen LogP contribution in [0.4, 0.5) is 0 Å². The van der Waals surface area contributed by atoms with E-state index in [2.05, 4.69) is 4.98 Å². The van der Waals surface area contributed by atoms with Crippen LogP contribution < -0.4 is 0 Å². The number of aliphatic hydroxyl groups is 1. The zero-order chi connectivity index (χ0) is 11.1. The summed E-state index contributed by atoms with van der Waals surface area (Å²) >= 11 is 0. The van der Waals surface area contributed by atoms with Crippen LogP contribution >= 0.6 is 0 Å². The minimum absolute atomic E-state index is 0.0773. The Hall–Kier alpha value is -1.42. The lowest BCUT2D eigenvalue weighted by Crippen LogP contribution is -2.32. The molecule has 0 bridgehead atoms. The number of aliphatic hydroxyl groups excluding tert-OH is 1. The maximum absolute atomic E-state index is 11.9. The van der Waals surface area contributed by atoms with E-state index in [1.54, 1.807) is 29.3 Å². The molecule has 0 aliphatic rings. The Labute approximate surface area is 89.6 Å². The fourth-order valence-electron chi connectivity index (χ4n) is 1.32. The molecule has 1 heterocycles. The number of amides is 1. The Morgan fingerprint density at radius 2 is 2.33 bits per heavy atom. The van der Waals surface area contributed by atoms with Gasteiger partial charge in [0.1, 0.15) is 5.69 Å².